The number of hydrogen-bond donors (Lipinski definition) is 0. The van der Waals surface area contributed by atoms with Crippen LogP contribution in [0.15, 0.2) is 21.1 Å². The molecule has 0 N–H and O–H groups in total. The van der Waals surface area contributed by atoms with Crippen LogP contribution in [0.5, 0.6) is 0 Å². The van der Waals surface area contributed by atoms with Crippen LogP contribution in [0.1, 0.15) is 20.3 Å². The van der Waals surface area contributed by atoms with E-state index in [0.29, 0.717) is 5.04 Å². The fourth-order valence-electron chi connectivity index (χ4n) is 0.987. The van der Waals surface area contributed by atoms with Crippen molar-refractivity contribution in [1.82, 2.24) is 0 Å². The molecule has 0 bridgehead atoms. The molecule has 0 radical (unpaired) electrons. The van der Waals surface area contributed by atoms with Gasteiger partial charge in [0.05, 0.1) is 0 Å². The van der Waals surface area contributed by atoms with E-state index in [1.54, 1.807) is 13.2 Å². The molecule has 0 fully saturated rings. The number of hydrogen-bond acceptors (Lipinski definition) is 4. The highest BCUT2D eigenvalue weighted by molar-refractivity contribution is 8.18. The number of Topliss-reactive ketones (excluding diaryl/α,β-unsaturated/α-hetero) is 1. The Balaban J connectivity index is 2.56. The van der Waals surface area contributed by atoms with Crippen LogP contribution in [-0.2, 0) is 4.79 Å². The standard InChI is InChI=1S/C9H12N2OS/c1-6-4-8(5-11-6)13-9(10-3)7(2)12/h5H,4H2,1-3H3. The average Bonchev–Trinajstić information content (AvgIpc) is 2.46. The van der Waals surface area contributed by atoms with Gasteiger partial charge in [-0.2, -0.15) is 0 Å². The van der Waals surface area contributed by atoms with Crippen molar-refractivity contribution < 1.29 is 4.79 Å². The number of rotatable bonds is 2. The number of carbonyl (C=O) groups is 1. The van der Waals surface area contributed by atoms with E-state index in [-0.39, 0.29) is 5.78 Å². The van der Waals surface area contributed by atoms with Gasteiger partial charge in [-0.3, -0.25) is 14.8 Å². The molecule has 0 aliphatic carbocycles. The van der Waals surface area contributed by atoms with Crippen LogP contribution in [0.3, 0.4) is 0 Å². The summed E-state index contributed by atoms with van der Waals surface area (Å²) in [5.41, 5.74) is 1.08. The molecule has 0 aromatic heterocycles. The fourth-order valence-corrected chi connectivity index (χ4v) is 1.86. The zero-order valence-corrected chi connectivity index (χ0v) is 8.81. The number of allylic oxidation sites excluding steroid dienone is 1. The molecule has 70 valence electrons. The van der Waals surface area contributed by atoms with E-state index in [2.05, 4.69) is 9.98 Å². The quantitative estimate of drug-likeness (QED) is 0.501. The molecule has 0 spiro atoms. The van der Waals surface area contributed by atoms with E-state index < -0.39 is 0 Å². The van der Waals surface area contributed by atoms with E-state index in [9.17, 15) is 4.79 Å². The van der Waals surface area contributed by atoms with Crippen LogP contribution >= 0.6 is 11.8 Å². The molecule has 1 heterocycles. The lowest BCUT2D eigenvalue weighted by Crippen LogP contribution is -2.05. The van der Waals surface area contributed by atoms with Gasteiger partial charge in [0.2, 0.25) is 0 Å². The molecule has 0 aromatic rings. The minimum Gasteiger partial charge on any atom is -0.292 e. The van der Waals surface area contributed by atoms with Crippen LogP contribution in [0, 0.1) is 0 Å². The normalized spacial score (nSPS) is 17.0. The molecule has 4 heteroatoms. The summed E-state index contributed by atoms with van der Waals surface area (Å²) >= 11 is 1.41. The zero-order chi connectivity index (χ0) is 9.84. The summed E-state index contributed by atoms with van der Waals surface area (Å²) in [7, 11) is 1.63. The van der Waals surface area contributed by atoms with Gasteiger partial charge in [-0.15, -0.1) is 0 Å². The Morgan fingerprint density at radius 1 is 1.69 bits per heavy atom. The van der Waals surface area contributed by atoms with Gasteiger partial charge in [0, 0.05) is 37.2 Å². The van der Waals surface area contributed by atoms with Crippen molar-refractivity contribution in [3.8, 4) is 0 Å². The van der Waals surface area contributed by atoms with Crippen molar-refractivity contribution in [2.45, 2.75) is 20.3 Å². The highest BCUT2D eigenvalue weighted by Gasteiger charge is 2.12. The highest BCUT2D eigenvalue weighted by Crippen LogP contribution is 2.25. The first-order valence-corrected chi connectivity index (χ1v) is 4.83. The van der Waals surface area contributed by atoms with Gasteiger partial charge >= 0.3 is 0 Å². The van der Waals surface area contributed by atoms with Crippen LogP contribution in [0.25, 0.3) is 0 Å². The fraction of sp³-hybridized carbons (Fsp3) is 0.444. The molecule has 0 atom stereocenters. The molecule has 0 amide bonds. The molecule has 0 saturated carbocycles. The molecule has 0 aromatic carbocycles. The first-order valence-electron chi connectivity index (χ1n) is 4.01. The second-order valence-corrected chi connectivity index (χ2v) is 3.94. The van der Waals surface area contributed by atoms with E-state index in [0.717, 1.165) is 17.0 Å². The smallest absolute Gasteiger partial charge is 0.184 e. The lowest BCUT2D eigenvalue weighted by molar-refractivity contribution is -0.110. The Labute approximate surface area is 82.0 Å². The van der Waals surface area contributed by atoms with Gasteiger partial charge in [0.1, 0.15) is 5.04 Å². The molecular formula is C9H12N2OS. The third-order valence-corrected chi connectivity index (χ3v) is 2.77. The molecule has 0 unspecified atom stereocenters. The largest absolute Gasteiger partial charge is 0.292 e. The van der Waals surface area contributed by atoms with Crippen LogP contribution in [0.2, 0.25) is 0 Å². The molecule has 13 heavy (non-hydrogen) atoms. The first-order chi connectivity index (χ1) is 6.13. The summed E-state index contributed by atoms with van der Waals surface area (Å²) in [4.78, 5) is 20.2. The number of aliphatic imine (C=N–C) groups is 2. The third kappa shape index (κ3) is 2.81. The molecule has 1 aliphatic heterocycles. The Kier molecular flexibility index (Phi) is 3.42. The van der Waals surface area contributed by atoms with Crippen LogP contribution in [0.4, 0.5) is 0 Å². The number of thioether (sulfide) groups is 1. The molecular weight excluding hydrogens is 184 g/mol. The summed E-state index contributed by atoms with van der Waals surface area (Å²) in [6, 6.07) is 0. The monoisotopic (exact) mass is 196 g/mol. The summed E-state index contributed by atoms with van der Waals surface area (Å²) in [6.45, 7) is 3.50. The van der Waals surface area contributed by atoms with Crippen molar-refractivity contribution in [2.24, 2.45) is 9.98 Å². The number of nitrogens with zero attached hydrogens (tertiary/aromatic N) is 2. The Morgan fingerprint density at radius 3 is 2.77 bits per heavy atom. The maximum Gasteiger partial charge on any atom is 0.184 e. The van der Waals surface area contributed by atoms with Gasteiger partial charge in [0.15, 0.2) is 5.78 Å². The van der Waals surface area contributed by atoms with Gasteiger partial charge in [-0.1, -0.05) is 11.8 Å². The van der Waals surface area contributed by atoms with E-state index in [1.807, 2.05) is 6.92 Å². The zero-order valence-electron chi connectivity index (χ0n) is 8.00. The lowest BCUT2D eigenvalue weighted by Gasteiger charge is -2.00. The average molecular weight is 196 g/mol. The van der Waals surface area contributed by atoms with Crippen molar-refractivity contribution >= 4 is 28.3 Å². The van der Waals surface area contributed by atoms with Crippen molar-refractivity contribution in [3.63, 3.8) is 0 Å². The van der Waals surface area contributed by atoms with Crippen molar-refractivity contribution in [2.75, 3.05) is 7.05 Å². The predicted molar refractivity (Wildman–Crippen MR) is 57.4 cm³/mol. The second kappa shape index (κ2) is 4.37. The van der Waals surface area contributed by atoms with Gasteiger partial charge in [-0.25, -0.2) is 0 Å². The molecule has 3 nitrogen and oxygen atoms in total. The van der Waals surface area contributed by atoms with E-state index in [4.69, 9.17) is 0 Å². The predicted octanol–water partition coefficient (Wildman–Crippen LogP) is 2.04. The van der Waals surface area contributed by atoms with Gasteiger partial charge < -0.3 is 0 Å². The third-order valence-electron chi connectivity index (χ3n) is 1.59. The maximum atomic E-state index is 11.0. The minimum absolute atomic E-state index is 0.0120. The minimum atomic E-state index is 0.0120. The van der Waals surface area contributed by atoms with Crippen molar-refractivity contribution in [3.05, 3.63) is 11.1 Å². The SMILES string of the molecule is CN=C(SC1=CN=C(C)C1)C(C)=O. The summed E-state index contributed by atoms with van der Waals surface area (Å²) in [5.74, 6) is 0.0120. The topological polar surface area (TPSA) is 41.8 Å². The van der Waals surface area contributed by atoms with Crippen molar-refractivity contribution in [1.29, 1.82) is 0 Å². The first kappa shape index (κ1) is 10.2. The molecule has 1 aliphatic rings. The number of ketones is 1. The Morgan fingerprint density at radius 2 is 2.38 bits per heavy atom. The summed E-state index contributed by atoms with van der Waals surface area (Å²) in [5, 5.41) is 0.552. The number of carbonyl (C=O) groups excluding carboxylic acids is 1. The highest BCUT2D eigenvalue weighted by atomic mass is 32.2. The Bertz CT molecular complexity index is 316. The van der Waals surface area contributed by atoms with Gasteiger partial charge in [-0.05, 0) is 6.92 Å². The van der Waals surface area contributed by atoms with E-state index >= 15 is 0 Å². The van der Waals surface area contributed by atoms with Crippen LogP contribution in [-0.4, -0.2) is 23.6 Å². The Hall–Kier alpha value is -0.900. The lowest BCUT2D eigenvalue weighted by atomic mass is 10.3. The van der Waals surface area contributed by atoms with Gasteiger partial charge in [0.25, 0.3) is 0 Å². The molecule has 0 saturated heterocycles. The maximum absolute atomic E-state index is 11.0. The van der Waals surface area contributed by atoms with Crippen LogP contribution < -0.4 is 0 Å². The van der Waals surface area contributed by atoms with E-state index in [1.165, 1.54) is 18.7 Å². The summed E-state index contributed by atoms with van der Waals surface area (Å²) in [6.07, 6.45) is 2.64. The second-order valence-electron chi connectivity index (χ2n) is 2.82. The summed E-state index contributed by atoms with van der Waals surface area (Å²) < 4.78 is 0. The molecule has 1 rings (SSSR count).